The van der Waals surface area contributed by atoms with Crippen LogP contribution in [0.25, 0.3) is 0 Å². The third-order valence-corrected chi connectivity index (χ3v) is 4.23. The fourth-order valence-corrected chi connectivity index (χ4v) is 2.96. The number of hydrazine groups is 1. The molecule has 3 nitrogen and oxygen atoms in total. The summed E-state index contributed by atoms with van der Waals surface area (Å²) in [5.74, 6) is 6.59. The number of ether oxygens (including phenoxy) is 1. The van der Waals surface area contributed by atoms with Gasteiger partial charge in [0.15, 0.2) is 0 Å². The highest BCUT2D eigenvalue weighted by Crippen LogP contribution is 2.31. The molecule has 0 radical (unpaired) electrons. The molecule has 0 amide bonds. The highest BCUT2D eigenvalue weighted by Gasteiger charge is 2.17. The first kappa shape index (κ1) is 16.3. The number of nitrogens with one attached hydrogen (secondary N) is 1. The Morgan fingerprint density at radius 1 is 1.29 bits per heavy atom. The van der Waals surface area contributed by atoms with E-state index >= 15 is 0 Å². The van der Waals surface area contributed by atoms with Gasteiger partial charge in [-0.1, -0.05) is 45.2 Å². The Labute approximate surface area is 138 Å². The minimum atomic E-state index is -0.0919. The monoisotopic (exact) mass is 368 g/mol. The van der Waals surface area contributed by atoms with Gasteiger partial charge < -0.3 is 4.74 Å². The number of rotatable bonds is 5. The second-order valence-electron chi connectivity index (χ2n) is 4.90. The number of methoxy groups -OCH3 is 1. The molecular formula is C16H18BrClN2O. The molecule has 0 aliphatic heterocycles. The largest absolute Gasteiger partial charge is 0.496 e. The van der Waals surface area contributed by atoms with Crippen LogP contribution in [0.1, 0.15) is 22.7 Å². The van der Waals surface area contributed by atoms with Crippen LogP contribution in [0.5, 0.6) is 5.75 Å². The van der Waals surface area contributed by atoms with Gasteiger partial charge in [-0.05, 0) is 48.7 Å². The second kappa shape index (κ2) is 7.27. The predicted molar refractivity (Wildman–Crippen MR) is 90.7 cm³/mol. The molecule has 0 saturated heterocycles. The fourth-order valence-electron chi connectivity index (χ4n) is 2.33. The van der Waals surface area contributed by atoms with Crippen LogP contribution in [0.3, 0.4) is 0 Å². The lowest BCUT2D eigenvalue weighted by Crippen LogP contribution is -2.30. The van der Waals surface area contributed by atoms with Gasteiger partial charge >= 0.3 is 0 Å². The zero-order valence-electron chi connectivity index (χ0n) is 12.0. The van der Waals surface area contributed by atoms with E-state index in [0.717, 1.165) is 21.3 Å². The molecule has 0 spiro atoms. The van der Waals surface area contributed by atoms with E-state index in [-0.39, 0.29) is 6.04 Å². The Morgan fingerprint density at radius 2 is 2.05 bits per heavy atom. The van der Waals surface area contributed by atoms with Gasteiger partial charge in [0.05, 0.1) is 13.2 Å². The Morgan fingerprint density at radius 3 is 2.71 bits per heavy atom. The molecule has 0 heterocycles. The maximum atomic E-state index is 6.29. The predicted octanol–water partition coefficient (Wildman–Crippen LogP) is 4.17. The van der Waals surface area contributed by atoms with E-state index in [0.29, 0.717) is 11.4 Å². The van der Waals surface area contributed by atoms with Gasteiger partial charge in [0.25, 0.3) is 0 Å². The van der Waals surface area contributed by atoms with Crippen LogP contribution < -0.4 is 16.0 Å². The summed E-state index contributed by atoms with van der Waals surface area (Å²) >= 11 is 9.76. The number of aryl methyl sites for hydroxylation is 1. The zero-order chi connectivity index (χ0) is 15.4. The summed E-state index contributed by atoms with van der Waals surface area (Å²) in [6.07, 6.45) is 0.692. The zero-order valence-corrected chi connectivity index (χ0v) is 14.3. The third kappa shape index (κ3) is 3.98. The van der Waals surface area contributed by atoms with E-state index in [2.05, 4.69) is 34.3 Å². The first-order chi connectivity index (χ1) is 10.0. The minimum Gasteiger partial charge on any atom is -0.496 e. The Hall–Kier alpha value is -1.07. The average Bonchev–Trinajstić information content (AvgIpc) is 2.47. The molecule has 1 unspecified atom stereocenters. The maximum absolute atomic E-state index is 6.29. The van der Waals surface area contributed by atoms with E-state index in [1.807, 2.05) is 30.3 Å². The van der Waals surface area contributed by atoms with Gasteiger partial charge in [-0.2, -0.15) is 0 Å². The topological polar surface area (TPSA) is 47.3 Å². The number of halogens is 2. The Bertz CT molecular complexity index is 634. The summed E-state index contributed by atoms with van der Waals surface area (Å²) in [7, 11) is 1.67. The van der Waals surface area contributed by atoms with Crippen molar-refractivity contribution in [2.45, 2.75) is 19.4 Å². The molecule has 5 heteroatoms. The van der Waals surface area contributed by atoms with Crippen molar-refractivity contribution < 1.29 is 4.74 Å². The molecule has 1 atom stereocenters. The van der Waals surface area contributed by atoms with Crippen molar-refractivity contribution in [3.05, 3.63) is 62.6 Å². The van der Waals surface area contributed by atoms with E-state index in [9.17, 15) is 0 Å². The molecule has 0 aliphatic rings. The first-order valence-corrected chi connectivity index (χ1v) is 7.77. The molecule has 2 aromatic rings. The summed E-state index contributed by atoms with van der Waals surface area (Å²) in [5.41, 5.74) is 6.08. The molecule has 0 aromatic heterocycles. The van der Waals surface area contributed by atoms with Gasteiger partial charge in [0, 0.05) is 9.50 Å². The lowest BCUT2D eigenvalue weighted by Gasteiger charge is -2.20. The summed E-state index contributed by atoms with van der Waals surface area (Å²) in [6, 6.07) is 11.8. The van der Waals surface area contributed by atoms with Crippen molar-refractivity contribution in [3.8, 4) is 5.75 Å². The van der Waals surface area contributed by atoms with Crippen LogP contribution in [0.4, 0.5) is 0 Å². The quantitative estimate of drug-likeness (QED) is 0.614. The van der Waals surface area contributed by atoms with E-state index < -0.39 is 0 Å². The van der Waals surface area contributed by atoms with Gasteiger partial charge in [0.1, 0.15) is 5.75 Å². The average molecular weight is 370 g/mol. The summed E-state index contributed by atoms with van der Waals surface area (Å²) in [4.78, 5) is 0. The molecule has 0 saturated carbocycles. The van der Waals surface area contributed by atoms with E-state index in [4.69, 9.17) is 22.2 Å². The molecule has 2 rings (SSSR count). The normalized spacial score (nSPS) is 12.2. The van der Waals surface area contributed by atoms with Crippen molar-refractivity contribution in [2.75, 3.05) is 7.11 Å². The van der Waals surface area contributed by atoms with Gasteiger partial charge in [-0.15, -0.1) is 0 Å². The molecule has 21 heavy (non-hydrogen) atoms. The SMILES string of the molecule is COc1ccc(C)cc1CC(NN)c1cc(Br)ccc1Cl. The van der Waals surface area contributed by atoms with Crippen LogP contribution in [-0.4, -0.2) is 7.11 Å². The van der Waals surface area contributed by atoms with Crippen molar-refractivity contribution >= 4 is 27.5 Å². The smallest absolute Gasteiger partial charge is 0.122 e. The lowest BCUT2D eigenvalue weighted by molar-refractivity contribution is 0.405. The minimum absolute atomic E-state index is 0.0919. The number of benzene rings is 2. The van der Waals surface area contributed by atoms with E-state index in [1.54, 1.807) is 7.11 Å². The van der Waals surface area contributed by atoms with Crippen LogP contribution in [0.15, 0.2) is 40.9 Å². The van der Waals surface area contributed by atoms with Crippen LogP contribution in [-0.2, 0) is 6.42 Å². The van der Waals surface area contributed by atoms with Crippen LogP contribution >= 0.6 is 27.5 Å². The highest BCUT2D eigenvalue weighted by molar-refractivity contribution is 9.10. The standard InChI is InChI=1S/C16H18BrClN2O/c1-10-3-6-16(21-2)11(7-10)8-15(20-19)13-9-12(17)4-5-14(13)18/h3-7,9,15,20H,8,19H2,1-2H3. The van der Waals surface area contributed by atoms with Crippen LogP contribution in [0, 0.1) is 6.92 Å². The van der Waals surface area contributed by atoms with Crippen molar-refractivity contribution in [2.24, 2.45) is 5.84 Å². The third-order valence-electron chi connectivity index (χ3n) is 3.39. The number of nitrogens with two attached hydrogens (primary N) is 1. The summed E-state index contributed by atoms with van der Waals surface area (Å²) < 4.78 is 6.40. The number of hydrogen-bond acceptors (Lipinski definition) is 3. The fraction of sp³-hybridized carbons (Fsp3) is 0.250. The first-order valence-electron chi connectivity index (χ1n) is 6.59. The van der Waals surface area contributed by atoms with Gasteiger partial charge in [-0.25, -0.2) is 0 Å². The van der Waals surface area contributed by atoms with E-state index in [1.165, 1.54) is 5.56 Å². The van der Waals surface area contributed by atoms with Gasteiger partial charge in [-0.3, -0.25) is 11.3 Å². The Balaban J connectivity index is 2.35. The molecule has 0 bridgehead atoms. The summed E-state index contributed by atoms with van der Waals surface area (Å²) in [5, 5.41) is 0.688. The molecule has 112 valence electrons. The van der Waals surface area contributed by atoms with Crippen LogP contribution in [0.2, 0.25) is 5.02 Å². The molecule has 3 N–H and O–H groups in total. The lowest BCUT2D eigenvalue weighted by atomic mass is 9.97. The Kier molecular flexibility index (Phi) is 5.65. The molecule has 0 fully saturated rings. The number of hydrogen-bond donors (Lipinski definition) is 2. The van der Waals surface area contributed by atoms with Crippen molar-refractivity contribution in [1.29, 1.82) is 0 Å². The molecule has 0 aliphatic carbocycles. The van der Waals surface area contributed by atoms with Crippen molar-refractivity contribution in [1.82, 2.24) is 5.43 Å². The molecular weight excluding hydrogens is 352 g/mol. The van der Waals surface area contributed by atoms with Gasteiger partial charge in [0.2, 0.25) is 0 Å². The van der Waals surface area contributed by atoms with Crippen molar-refractivity contribution in [3.63, 3.8) is 0 Å². The molecule has 2 aromatic carbocycles. The summed E-state index contributed by atoms with van der Waals surface area (Å²) in [6.45, 7) is 2.06. The highest BCUT2D eigenvalue weighted by atomic mass is 79.9. The maximum Gasteiger partial charge on any atom is 0.122 e. The second-order valence-corrected chi connectivity index (χ2v) is 6.23.